The van der Waals surface area contributed by atoms with E-state index in [2.05, 4.69) is 33.3 Å². The van der Waals surface area contributed by atoms with Gasteiger partial charge in [0.2, 0.25) is 5.91 Å². The van der Waals surface area contributed by atoms with E-state index in [9.17, 15) is 4.79 Å². The number of carbonyl (C=O) groups is 1. The minimum atomic E-state index is 0.0516. The molecule has 0 saturated carbocycles. The Morgan fingerprint density at radius 1 is 1.10 bits per heavy atom. The summed E-state index contributed by atoms with van der Waals surface area (Å²) >= 11 is 0. The highest BCUT2D eigenvalue weighted by atomic mass is 16.2. The van der Waals surface area contributed by atoms with Crippen LogP contribution in [0, 0.1) is 0 Å². The van der Waals surface area contributed by atoms with Gasteiger partial charge in [-0.3, -0.25) is 9.69 Å². The minimum Gasteiger partial charge on any atom is -0.358 e. The Morgan fingerprint density at radius 3 is 2.76 bits per heavy atom. The monoisotopic (exact) mass is 285 g/mol. The van der Waals surface area contributed by atoms with Crippen LogP contribution in [0.15, 0.2) is 18.2 Å². The molecule has 0 bridgehead atoms. The van der Waals surface area contributed by atoms with Gasteiger partial charge in [0.05, 0.1) is 11.4 Å². The van der Waals surface area contributed by atoms with Crippen molar-refractivity contribution in [1.29, 1.82) is 0 Å². The molecule has 0 spiro atoms. The van der Waals surface area contributed by atoms with Crippen molar-refractivity contribution in [1.82, 2.24) is 4.90 Å². The van der Waals surface area contributed by atoms with Crippen molar-refractivity contribution in [3.05, 3.63) is 23.8 Å². The molecule has 0 aromatic heterocycles. The molecule has 2 saturated heterocycles. The van der Waals surface area contributed by atoms with Gasteiger partial charge in [-0.25, -0.2) is 0 Å². The molecule has 4 nitrogen and oxygen atoms in total. The van der Waals surface area contributed by atoms with Crippen molar-refractivity contribution >= 4 is 17.3 Å². The number of carbonyl (C=O) groups excluding carboxylic acids is 1. The predicted molar refractivity (Wildman–Crippen MR) is 84.6 cm³/mol. The largest absolute Gasteiger partial charge is 0.358 e. The first-order chi connectivity index (χ1) is 10.3. The van der Waals surface area contributed by atoms with Crippen LogP contribution in [0.25, 0.3) is 0 Å². The Morgan fingerprint density at radius 2 is 1.90 bits per heavy atom. The highest BCUT2D eigenvalue weighted by molar-refractivity contribution is 6.03. The number of hydrogen-bond donors (Lipinski definition) is 1. The Hall–Kier alpha value is -1.55. The van der Waals surface area contributed by atoms with E-state index in [1.165, 1.54) is 43.6 Å². The summed E-state index contributed by atoms with van der Waals surface area (Å²) in [4.78, 5) is 17.1. The molecule has 4 heteroatoms. The number of amides is 1. The third kappa shape index (κ3) is 2.42. The zero-order chi connectivity index (χ0) is 14.2. The van der Waals surface area contributed by atoms with Crippen LogP contribution < -0.4 is 10.2 Å². The van der Waals surface area contributed by atoms with Crippen LogP contribution >= 0.6 is 0 Å². The highest BCUT2D eigenvalue weighted by Gasteiger charge is 2.34. The van der Waals surface area contributed by atoms with Crippen LogP contribution in [0.3, 0.4) is 0 Å². The van der Waals surface area contributed by atoms with Crippen LogP contribution in [-0.2, 0) is 11.3 Å². The lowest BCUT2D eigenvalue weighted by Gasteiger charge is -2.41. The summed E-state index contributed by atoms with van der Waals surface area (Å²) in [5, 5.41) is 3.13. The van der Waals surface area contributed by atoms with Gasteiger partial charge in [-0.2, -0.15) is 0 Å². The number of likely N-dealkylation sites (tertiary alicyclic amines) is 1. The van der Waals surface area contributed by atoms with Crippen LogP contribution in [-0.4, -0.2) is 36.5 Å². The number of hydrogen-bond acceptors (Lipinski definition) is 3. The highest BCUT2D eigenvalue weighted by Crippen LogP contribution is 2.36. The fraction of sp³-hybridized carbons (Fsp3) is 0.588. The predicted octanol–water partition coefficient (Wildman–Crippen LogP) is 2.59. The number of rotatable bonds is 2. The van der Waals surface area contributed by atoms with E-state index < -0.39 is 0 Å². The number of benzene rings is 1. The zero-order valence-corrected chi connectivity index (χ0v) is 12.5. The molecule has 1 aromatic carbocycles. The summed E-state index contributed by atoms with van der Waals surface area (Å²) in [5.41, 5.74) is 3.53. The molecular weight excluding hydrogens is 262 g/mol. The summed E-state index contributed by atoms with van der Waals surface area (Å²) in [7, 11) is 0. The minimum absolute atomic E-state index is 0.0516. The molecule has 112 valence electrons. The molecule has 3 aliphatic heterocycles. The van der Waals surface area contributed by atoms with Crippen molar-refractivity contribution < 1.29 is 4.79 Å². The molecule has 21 heavy (non-hydrogen) atoms. The van der Waals surface area contributed by atoms with Gasteiger partial charge in [-0.15, -0.1) is 0 Å². The quantitative estimate of drug-likeness (QED) is 0.907. The topological polar surface area (TPSA) is 35.6 Å². The Balaban J connectivity index is 1.59. The SMILES string of the molecule is O=C1Nc2cc(CN3CCCC3)ccc2N2CCCCC12. The summed E-state index contributed by atoms with van der Waals surface area (Å²) < 4.78 is 0. The van der Waals surface area contributed by atoms with Gasteiger partial charge in [0.1, 0.15) is 6.04 Å². The molecule has 2 fully saturated rings. The van der Waals surface area contributed by atoms with Crippen LogP contribution in [0.1, 0.15) is 37.7 Å². The summed E-state index contributed by atoms with van der Waals surface area (Å²) in [6.07, 6.45) is 5.98. The van der Waals surface area contributed by atoms with E-state index >= 15 is 0 Å². The lowest BCUT2D eigenvalue weighted by Crippen LogP contribution is -2.50. The lowest BCUT2D eigenvalue weighted by molar-refractivity contribution is -0.118. The maximum Gasteiger partial charge on any atom is 0.247 e. The van der Waals surface area contributed by atoms with Crippen LogP contribution in [0.5, 0.6) is 0 Å². The molecule has 1 unspecified atom stereocenters. The van der Waals surface area contributed by atoms with Crippen molar-refractivity contribution in [2.24, 2.45) is 0 Å². The van der Waals surface area contributed by atoms with Crippen molar-refractivity contribution in [2.45, 2.75) is 44.7 Å². The van der Waals surface area contributed by atoms with Crippen molar-refractivity contribution in [3.63, 3.8) is 0 Å². The molecule has 3 heterocycles. The molecule has 1 N–H and O–H groups in total. The number of piperidine rings is 1. The van der Waals surface area contributed by atoms with E-state index in [0.717, 1.165) is 31.6 Å². The molecule has 1 atom stereocenters. The summed E-state index contributed by atoms with van der Waals surface area (Å²) in [5.74, 6) is 0.181. The maximum absolute atomic E-state index is 12.3. The van der Waals surface area contributed by atoms with E-state index in [0.29, 0.717) is 0 Å². The van der Waals surface area contributed by atoms with Gasteiger partial charge in [0, 0.05) is 13.1 Å². The fourth-order valence-electron chi connectivity index (χ4n) is 3.94. The summed E-state index contributed by atoms with van der Waals surface area (Å²) in [6, 6.07) is 6.67. The van der Waals surface area contributed by atoms with E-state index in [4.69, 9.17) is 0 Å². The Kier molecular flexibility index (Phi) is 3.34. The van der Waals surface area contributed by atoms with Crippen LogP contribution in [0.4, 0.5) is 11.4 Å². The molecule has 0 aliphatic carbocycles. The number of nitrogens with one attached hydrogen (secondary N) is 1. The number of nitrogens with zero attached hydrogens (tertiary/aromatic N) is 2. The third-order valence-electron chi connectivity index (χ3n) is 5.04. The van der Waals surface area contributed by atoms with Crippen molar-refractivity contribution in [2.75, 3.05) is 29.9 Å². The normalized spacial score (nSPS) is 25.4. The van der Waals surface area contributed by atoms with E-state index in [-0.39, 0.29) is 11.9 Å². The first kappa shape index (κ1) is 13.1. The standard InChI is InChI=1S/C17H23N3O/c21-17-16-5-1-2-10-20(16)15-7-6-13(11-14(15)18-17)12-19-8-3-4-9-19/h6-7,11,16H,1-5,8-10,12H2,(H,18,21). The van der Waals surface area contributed by atoms with Gasteiger partial charge in [0.25, 0.3) is 0 Å². The molecule has 4 rings (SSSR count). The second-order valence-corrected chi connectivity index (χ2v) is 6.53. The first-order valence-electron chi connectivity index (χ1n) is 8.24. The van der Waals surface area contributed by atoms with Crippen molar-refractivity contribution in [3.8, 4) is 0 Å². The maximum atomic E-state index is 12.3. The second kappa shape index (κ2) is 5.34. The average molecular weight is 285 g/mol. The molecular formula is C17H23N3O. The first-order valence-corrected chi connectivity index (χ1v) is 8.24. The van der Waals surface area contributed by atoms with Gasteiger partial charge >= 0.3 is 0 Å². The molecule has 1 aromatic rings. The van der Waals surface area contributed by atoms with Gasteiger partial charge < -0.3 is 10.2 Å². The van der Waals surface area contributed by atoms with Crippen LogP contribution in [0.2, 0.25) is 0 Å². The Labute approximate surface area is 126 Å². The Bertz CT molecular complexity index is 551. The smallest absolute Gasteiger partial charge is 0.247 e. The second-order valence-electron chi connectivity index (χ2n) is 6.53. The van der Waals surface area contributed by atoms with E-state index in [1.54, 1.807) is 0 Å². The lowest BCUT2D eigenvalue weighted by atomic mass is 9.97. The van der Waals surface area contributed by atoms with E-state index in [1.807, 2.05) is 0 Å². The fourth-order valence-corrected chi connectivity index (χ4v) is 3.94. The zero-order valence-electron chi connectivity index (χ0n) is 12.5. The molecule has 0 radical (unpaired) electrons. The average Bonchev–Trinajstić information content (AvgIpc) is 3.00. The molecule has 1 amide bonds. The number of anilines is 2. The van der Waals surface area contributed by atoms with Gasteiger partial charge in [-0.05, 0) is 62.9 Å². The number of fused-ring (bicyclic) bond motifs is 3. The summed E-state index contributed by atoms with van der Waals surface area (Å²) in [6.45, 7) is 4.43. The van der Waals surface area contributed by atoms with Gasteiger partial charge in [0.15, 0.2) is 0 Å². The molecule has 3 aliphatic rings. The third-order valence-corrected chi connectivity index (χ3v) is 5.04. The van der Waals surface area contributed by atoms with Gasteiger partial charge in [-0.1, -0.05) is 6.07 Å².